The zero-order valence-corrected chi connectivity index (χ0v) is 13.8. The first-order valence-corrected chi connectivity index (χ1v) is 7.30. The summed E-state index contributed by atoms with van der Waals surface area (Å²) in [4.78, 5) is 0. The molecule has 0 aliphatic rings. The Morgan fingerprint density at radius 1 is 1.05 bits per heavy atom. The van der Waals surface area contributed by atoms with Gasteiger partial charge in [0.05, 0.1) is 20.3 Å². The van der Waals surface area contributed by atoms with E-state index in [0.29, 0.717) is 0 Å². The van der Waals surface area contributed by atoms with Gasteiger partial charge in [0, 0.05) is 12.1 Å². The molecule has 0 unspecified atom stereocenters. The minimum atomic E-state index is 0.160. The molecule has 0 fully saturated rings. The van der Waals surface area contributed by atoms with E-state index in [0.717, 1.165) is 31.9 Å². The maximum absolute atomic E-state index is 5.68. The molecule has 0 spiro atoms. The van der Waals surface area contributed by atoms with E-state index >= 15 is 0 Å². The fourth-order valence-corrected chi connectivity index (χ4v) is 2.30. The third-order valence-corrected chi connectivity index (χ3v) is 3.16. The van der Waals surface area contributed by atoms with Crippen molar-refractivity contribution in [3.63, 3.8) is 0 Å². The first kappa shape index (κ1) is 17.0. The van der Waals surface area contributed by atoms with Gasteiger partial charge in [-0.2, -0.15) is 0 Å². The second kappa shape index (κ2) is 7.65. The summed E-state index contributed by atoms with van der Waals surface area (Å²) in [6.45, 7) is 13.1. The smallest absolute Gasteiger partial charge is 0.124 e. The van der Waals surface area contributed by atoms with Gasteiger partial charge in [-0.3, -0.25) is 0 Å². The Labute approximate surface area is 123 Å². The Morgan fingerprint density at radius 3 is 2.15 bits per heavy atom. The van der Waals surface area contributed by atoms with E-state index < -0.39 is 0 Å². The first-order valence-electron chi connectivity index (χ1n) is 7.30. The average Bonchev–Trinajstić information content (AvgIpc) is 2.32. The monoisotopic (exact) mass is 279 g/mol. The van der Waals surface area contributed by atoms with Crippen LogP contribution in [0.2, 0.25) is 0 Å². The maximum Gasteiger partial charge on any atom is 0.124 e. The Hall–Kier alpha value is -1.06. The molecule has 1 rings (SSSR count). The molecular formula is C17H29NO2. The van der Waals surface area contributed by atoms with Crippen molar-refractivity contribution < 1.29 is 9.47 Å². The van der Waals surface area contributed by atoms with Gasteiger partial charge in [-0.1, -0.05) is 12.1 Å². The number of rotatable bonds is 7. The van der Waals surface area contributed by atoms with Crippen LogP contribution in [0.5, 0.6) is 5.75 Å². The summed E-state index contributed by atoms with van der Waals surface area (Å²) >= 11 is 0. The predicted octanol–water partition coefficient (Wildman–Crippen LogP) is 3.26. The number of benzene rings is 1. The lowest BCUT2D eigenvalue weighted by Crippen LogP contribution is -2.38. The number of hydrogen-bond donors (Lipinski definition) is 1. The molecule has 3 heteroatoms. The van der Waals surface area contributed by atoms with Crippen LogP contribution < -0.4 is 10.1 Å². The number of aryl methyl sites for hydroxylation is 2. The van der Waals surface area contributed by atoms with Crippen molar-refractivity contribution in [3.8, 4) is 5.75 Å². The van der Waals surface area contributed by atoms with Gasteiger partial charge in [0.1, 0.15) is 5.75 Å². The van der Waals surface area contributed by atoms with E-state index in [2.05, 4.69) is 52.1 Å². The van der Waals surface area contributed by atoms with Crippen LogP contribution in [0, 0.1) is 13.8 Å². The highest BCUT2D eigenvalue weighted by Crippen LogP contribution is 2.24. The fourth-order valence-electron chi connectivity index (χ4n) is 2.30. The standard InChI is InChI=1S/C17H29NO2/c1-13-11-15(12-14(2)16(13)19-6)7-9-20-10-8-18-17(3,4)5/h11-12,18H,7-10H2,1-6H3. The van der Waals surface area contributed by atoms with E-state index in [1.807, 2.05) is 0 Å². The van der Waals surface area contributed by atoms with Crippen molar-refractivity contribution in [1.29, 1.82) is 0 Å². The molecule has 1 N–H and O–H groups in total. The number of ether oxygens (including phenoxy) is 2. The topological polar surface area (TPSA) is 30.5 Å². The lowest BCUT2D eigenvalue weighted by molar-refractivity contribution is 0.133. The van der Waals surface area contributed by atoms with Crippen LogP contribution in [-0.2, 0) is 11.2 Å². The summed E-state index contributed by atoms with van der Waals surface area (Å²) in [7, 11) is 1.72. The van der Waals surface area contributed by atoms with Crippen molar-refractivity contribution in [2.75, 3.05) is 26.9 Å². The minimum absolute atomic E-state index is 0.160. The van der Waals surface area contributed by atoms with Gasteiger partial charge >= 0.3 is 0 Å². The van der Waals surface area contributed by atoms with Crippen molar-refractivity contribution in [2.24, 2.45) is 0 Å². The van der Waals surface area contributed by atoms with Crippen LogP contribution in [0.1, 0.15) is 37.5 Å². The first-order chi connectivity index (χ1) is 9.33. The lowest BCUT2D eigenvalue weighted by Gasteiger charge is -2.20. The summed E-state index contributed by atoms with van der Waals surface area (Å²) < 4.78 is 11.1. The quantitative estimate of drug-likeness (QED) is 0.777. The highest BCUT2D eigenvalue weighted by Gasteiger charge is 2.07. The zero-order valence-electron chi connectivity index (χ0n) is 13.8. The predicted molar refractivity (Wildman–Crippen MR) is 84.7 cm³/mol. The van der Waals surface area contributed by atoms with Crippen molar-refractivity contribution in [3.05, 3.63) is 28.8 Å². The molecule has 0 heterocycles. The SMILES string of the molecule is COc1c(C)cc(CCOCCNC(C)(C)C)cc1C. The Bertz CT molecular complexity index is 398. The van der Waals surface area contributed by atoms with Crippen LogP contribution in [0.3, 0.4) is 0 Å². The third kappa shape index (κ3) is 5.93. The van der Waals surface area contributed by atoms with Crippen molar-refractivity contribution in [2.45, 2.75) is 46.6 Å². The summed E-state index contributed by atoms with van der Waals surface area (Å²) in [5.74, 6) is 0.990. The highest BCUT2D eigenvalue weighted by atomic mass is 16.5. The lowest BCUT2D eigenvalue weighted by atomic mass is 10.0. The van der Waals surface area contributed by atoms with Gasteiger partial charge in [-0.25, -0.2) is 0 Å². The van der Waals surface area contributed by atoms with Crippen LogP contribution in [-0.4, -0.2) is 32.4 Å². The summed E-state index contributed by atoms with van der Waals surface area (Å²) in [6.07, 6.45) is 0.946. The molecule has 0 amide bonds. The van der Waals surface area contributed by atoms with Gasteiger partial charge in [0.25, 0.3) is 0 Å². The van der Waals surface area contributed by atoms with Crippen LogP contribution in [0.4, 0.5) is 0 Å². The molecule has 0 aliphatic heterocycles. The molecule has 0 aromatic heterocycles. The van der Waals surface area contributed by atoms with Gasteiger partial charge in [0.2, 0.25) is 0 Å². The van der Waals surface area contributed by atoms with Gasteiger partial charge in [-0.05, 0) is 57.7 Å². The molecule has 1 aromatic carbocycles. The van der Waals surface area contributed by atoms with E-state index in [4.69, 9.17) is 9.47 Å². The van der Waals surface area contributed by atoms with E-state index in [1.165, 1.54) is 16.7 Å². The average molecular weight is 279 g/mol. The van der Waals surface area contributed by atoms with Crippen LogP contribution in [0.25, 0.3) is 0 Å². The largest absolute Gasteiger partial charge is 0.496 e. The zero-order chi connectivity index (χ0) is 15.2. The van der Waals surface area contributed by atoms with Gasteiger partial charge in [-0.15, -0.1) is 0 Å². The molecule has 0 radical (unpaired) electrons. The molecule has 0 saturated heterocycles. The second-order valence-corrected chi connectivity index (χ2v) is 6.30. The summed E-state index contributed by atoms with van der Waals surface area (Å²) in [5, 5.41) is 3.41. The normalized spacial score (nSPS) is 11.7. The minimum Gasteiger partial charge on any atom is -0.496 e. The number of nitrogens with one attached hydrogen (secondary N) is 1. The van der Waals surface area contributed by atoms with E-state index in [1.54, 1.807) is 7.11 Å². The van der Waals surface area contributed by atoms with Crippen molar-refractivity contribution >= 4 is 0 Å². The summed E-state index contributed by atoms with van der Waals surface area (Å²) in [5.41, 5.74) is 3.85. The van der Waals surface area contributed by atoms with E-state index in [9.17, 15) is 0 Å². The number of methoxy groups -OCH3 is 1. The maximum atomic E-state index is 5.68. The molecule has 0 atom stereocenters. The summed E-state index contributed by atoms with van der Waals surface area (Å²) in [6, 6.07) is 4.37. The highest BCUT2D eigenvalue weighted by molar-refractivity contribution is 5.43. The molecule has 0 saturated carbocycles. The molecule has 1 aromatic rings. The van der Waals surface area contributed by atoms with Crippen molar-refractivity contribution in [1.82, 2.24) is 5.32 Å². The molecule has 3 nitrogen and oxygen atoms in total. The Balaban J connectivity index is 2.33. The van der Waals surface area contributed by atoms with Gasteiger partial charge in [0.15, 0.2) is 0 Å². The van der Waals surface area contributed by atoms with Crippen LogP contribution >= 0.6 is 0 Å². The molecule has 0 aliphatic carbocycles. The Morgan fingerprint density at radius 2 is 1.65 bits per heavy atom. The third-order valence-electron chi connectivity index (χ3n) is 3.16. The number of hydrogen-bond acceptors (Lipinski definition) is 3. The molecular weight excluding hydrogens is 250 g/mol. The Kier molecular flexibility index (Phi) is 6.50. The van der Waals surface area contributed by atoms with Crippen LogP contribution in [0.15, 0.2) is 12.1 Å². The fraction of sp³-hybridized carbons (Fsp3) is 0.647. The molecule has 20 heavy (non-hydrogen) atoms. The van der Waals surface area contributed by atoms with Gasteiger partial charge < -0.3 is 14.8 Å². The van der Waals surface area contributed by atoms with E-state index in [-0.39, 0.29) is 5.54 Å². The molecule has 0 bridgehead atoms. The molecule has 114 valence electrons. The second-order valence-electron chi connectivity index (χ2n) is 6.30.